The van der Waals surface area contributed by atoms with Crippen LogP contribution in [-0.4, -0.2) is 16.5 Å². The maximum atomic E-state index is 13.3. The molecule has 3 aromatic rings. The highest BCUT2D eigenvalue weighted by Gasteiger charge is 2.43. The van der Waals surface area contributed by atoms with Gasteiger partial charge in [-0.3, -0.25) is 14.9 Å². The Morgan fingerprint density at radius 1 is 1.18 bits per heavy atom. The van der Waals surface area contributed by atoms with Crippen LogP contribution in [0.4, 0.5) is 0 Å². The van der Waals surface area contributed by atoms with E-state index in [1.165, 1.54) is 11.6 Å². The summed E-state index contributed by atoms with van der Waals surface area (Å²) in [5.41, 5.74) is 0.716. The number of nitrogens with zero attached hydrogens (tertiary/aromatic N) is 2. The van der Waals surface area contributed by atoms with Gasteiger partial charge < -0.3 is 14.6 Å². The van der Waals surface area contributed by atoms with Gasteiger partial charge in [-0.25, -0.2) is 0 Å². The topological polar surface area (TPSA) is 86.4 Å². The van der Waals surface area contributed by atoms with Crippen LogP contribution in [0.3, 0.4) is 0 Å². The molecule has 0 aliphatic carbocycles. The molecule has 28 heavy (non-hydrogen) atoms. The molecule has 1 atom stereocenters. The Kier molecular flexibility index (Phi) is 4.31. The minimum absolute atomic E-state index is 0.0131. The van der Waals surface area contributed by atoms with Crippen LogP contribution in [0.1, 0.15) is 17.0 Å². The summed E-state index contributed by atoms with van der Waals surface area (Å²) in [6, 6.07) is 14.1. The molecule has 1 aliphatic rings. The van der Waals surface area contributed by atoms with Crippen LogP contribution in [-0.2, 0) is 7.05 Å². The lowest BCUT2D eigenvalue weighted by Gasteiger charge is -2.27. The Balaban J connectivity index is 2.18. The highest BCUT2D eigenvalue weighted by Crippen LogP contribution is 2.45. The van der Waals surface area contributed by atoms with E-state index in [0.717, 1.165) is 0 Å². The number of hydrogen-bond donors (Lipinski definition) is 1. The molecule has 1 aliphatic heterocycles. The number of aryl methyl sites for hydroxylation is 1. The standard InChI is InChI=1S/C20H16ClN3O4/c1-22-19-17(24(26)27)15(11-7-3-5-9-13(11)21)16-18(28-19)12-8-4-6-10-14(12)23(2)20(16)25/h3-10,15,22H,1-2H3. The van der Waals surface area contributed by atoms with Gasteiger partial charge in [0.25, 0.3) is 11.4 Å². The second kappa shape index (κ2) is 6.69. The fraction of sp³-hybridized carbons (Fsp3) is 0.150. The molecule has 1 aromatic heterocycles. The average Bonchev–Trinajstić information content (AvgIpc) is 2.70. The molecule has 0 fully saturated rings. The van der Waals surface area contributed by atoms with Gasteiger partial charge in [0.05, 0.1) is 16.0 Å². The van der Waals surface area contributed by atoms with Gasteiger partial charge in [-0.2, -0.15) is 0 Å². The van der Waals surface area contributed by atoms with Crippen LogP contribution in [0.25, 0.3) is 10.9 Å². The van der Waals surface area contributed by atoms with Gasteiger partial charge in [-0.15, -0.1) is 0 Å². The smallest absolute Gasteiger partial charge is 0.317 e. The van der Waals surface area contributed by atoms with E-state index in [4.69, 9.17) is 16.3 Å². The third-order valence-electron chi connectivity index (χ3n) is 4.93. The molecule has 0 spiro atoms. The van der Waals surface area contributed by atoms with Gasteiger partial charge in [-0.1, -0.05) is 41.9 Å². The summed E-state index contributed by atoms with van der Waals surface area (Å²) in [5, 5.41) is 15.7. The van der Waals surface area contributed by atoms with Crippen LogP contribution in [0.2, 0.25) is 5.02 Å². The summed E-state index contributed by atoms with van der Waals surface area (Å²) in [4.78, 5) is 24.7. The molecule has 0 saturated heterocycles. The molecule has 0 bridgehead atoms. The highest BCUT2D eigenvalue weighted by molar-refractivity contribution is 6.31. The van der Waals surface area contributed by atoms with Crippen LogP contribution in [0.5, 0.6) is 5.75 Å². The molecule has 8 heteroatoms. The van der Waals surface area contributed by atoms with Crippen molar-refractivity contribution in [2.45, 2.75) is 5.92 Å². The van der Waals surface area contributed by atoms with E-state index in [1.54, 1.807) is 37.4 Å². The fourth-order valence-electron chi connectivity index (χ4n) is 3.66. The Morgan fingerprint density at radius 2 is 1.86 bits per heavy atom. The summed E-state index contributed by atoms with van der Waals surface area (Å²) < 4.78 is 7.34. The number of nitro groups is 1. The van der Waals surface area contributed by atoms with E-state index >= 15 is 0 Å². The molecular formula is C20H16ClN3O4. The Morgan fingerprint density at radius 3 is 2.54 bits per heavy atom. The van der Waals surface area contributed by atoms with Crippen LogP contribution in [0.15, 0.2) is 64.9 Å². The largest absolute Gasteiger partial charge is 0.434 e. The number of nitrogens with one attached hydrogen (secondary N) is 1. The van der Waals surface area contributed by atoms with E-state index in [0.29, 0.717) is 27.2 Å². The molecule has 0 radical (unpaired) electrons. The highest BCUT2D eigenvalue weighted by atomic mass is 35.5. The quantitative estimate of drug-likeness (QED) is 0.540. The molecule has 2 heterocycles. The first-order valence-corrected chi connectivity index (χ1v) is 8.93. The van der Waals surface area contributed by atoms with Crippen molar-refractivity contribution in [3.63, 3.8) is 0 Å². The number of hydrogen-bond acceptors (Lipinski definition) is 5. The molecule has 0 saturated carbocycles. The molecule has 7 nitrogen and oxygen atoms in total. The maximum absolute atomic E-state index is 13.3. The molecule has 2 aromatic carbocycles. The number of para-hydroxylation sites is 1. The molecule has 142 valence electrons. The summed E-state index contributed by atoms with van der Waals surface area (Å²) in [5.74, 6) is -0.683. The van der Waals surface area contributed by atoms with Crippen molar-refractivity contribution in [3.05, 3.63) is 96.7 Å². The number of aromatic nitrogens is 1. The zero-order chi connectivity index (χ0) is 20.0. The predicted octanol–water partition coefficient (Wildman–Crippen LogP) is 3.38. The Hall–Kier alpha value is -3.32. The van der Waals surface area contributed by atoms with Gasteiger partial charge in [0.1, 0.15) is 11.7 Å². The van der Waals surface area contributed by atoms with Gasteiger partial charge in [0.2, 0.25) is 0 Å². The molecule has 4 rings (SSSR count). The lowest BCUT2D eigenvalue weighted by Crippen LogP contribution is -2.34. The maximum Gasteiger partial charge on any atom is 0.317 e. The van der Waals surface area contributed by atoms with E-state index in [1.807, 2.05) is 18.2 Å². The number of rotatable bonds is 3. The van der Waals surface area contributed by atoms with Crippen molar-refractivity contribution in [2.24, 2.45) is 7.05 Å². The number of pyridine rings is 1. The van der Waals surface area contributed by atoms with Crippen LogP contribution >= 0.6 is 11.6 Å². The zero-order valence-electron chi connectivity index (χ0n) is 15.1. The van der Waals surface area contributed by atoms with Crippen molar-refractivity contribution in [1.82, 2.24) is 9.88 Å². The number of ether oxygens (including phenoxy) is 1. The molecule has 1 unspecified atom stereocenters. The first-order chi connectivity index (χ1) is 13.5. The molecule has 1 N–H and O–H groups in total. The first kappa shape index (κ1) is 18.1. The van der Waals surface area contributed by atoms with Gasteiger partial charge >= 0.3 is 5.70 Å². The van der Waals surface area contributed by atoms with E-state index < -0.39 is 10.8 Å². The second-order valence-electron chi connectivity index (χ2n) is 6.40. The monoisotopic (exact) mass is 397 g/mol. The summed E-state index contributed by atoms with van der Waals surface area (Å²) >= 11 is 6.38. The lowest BCUT2D eigenvalue weighted by atomic mass is 9.86. The SMILES string of the molecule is CNC1=C([N+](=O)[O-])C(c2ccccc2Cl)c2c(c3ccccc3n(C)c2=O)O1. The van der Waals surface area contributed by atoms with Gasteiger partial charge in [-0.05, 0) is 23.8 Å². The average molecular weight is 398 g/mol. The predicted molar refractivity (Wildman–Crippen MR) is 106 cm³/mol. The van der Waals surface area contributed by atoms with E-state index in [-0.39, 0.29) is 22.7 Å². The van der Waals surface area contributed by atoms with Crippen molar-refractivity contribution >= 4 is 22.5 Å². The normalized spacial score (nSPS) is 15.9. The summed E-state index contributed by atoms with van der Waals surface area (Å²) in [6.45, 7) is 0. The third kappa shape index (κ3) is 2.55. The fourth-order valence-corrected chi connectivity index (χ4v) is 3.90. The zero-order valence-corrected chi connectivity index (χ0v) is 15.9. The van der Waals surface area contributed by atoms with Gasteiger partial charge in [0.15, 0.2) is 0 Å². The van der Waals surface area contributed by atoms with Gasteiger partial charge in [0, 0.05) is 24.5 Å². The Labute approximate surface area is 165 Å². The second-order valence-corrected chi connectivity index (χ2v) is 6.81. The van der Waals surface area contributed by atoms with E-state index in [9.17, 15) is 14.9 Å². The molecular weight excluding hydrogens is 382 g/mol. The van der Waals surface area contributed by atoms with Crippen LogP contribution in [0, 0.1) is 10.1 Å². The minimum atomic E-state index is -0.974. The first-order valence-electron chi connectivity index (χ1n) is 8.56. The number of benzene rings is 2. The third-order valence-corrected chi connectivity index (χ3v) is 5.27. The van der Waals surface area contributed by atoms with Crippen molar-refractivity contribution in [3.8, 4) is 5.75 Å². The Bertz CT molecular complexity index is 1220. The van der Waals surface area contributed by atoms with Crippen molar-refractivity contribution in [1.29, 1.82) is 0 Å². The van der Waals surface area contributed by atoms with Crippen molar-refractivity contribution in [2.75, 3.05) is 7.05 Å². The summed E-state index contributed by atoms with van der Waals surface area (Å²) in [7, 11) is 3.18. The van der Waals surface area contributed by atoms with Crippen molar-refractivity contribution < 1.29 is 9.66 Å². The van der Waals surface area contributed by atoms with E-state index in [2.05, 4.69) is 5.32 Å². The number of halogens is 1. The number of allylic oxidation sites excluding steroid dienone is 1. The number of fused-ring (bicyclic) bond motifs is 3. The molecule has 0 amide bonds. The minimum Gasteiger partial charge on any atom is -0.434 e. The van der Waals surface area contributed by atoms with Crippen LogP contribution < -0.4 is 15.6 Å². The summed E-state index contributed by atoms with van der Waals surface area (Å²) in [6.07, 6.45) is 0. The lowest BCUT2D eigenvalue weighted by molar-refractivity contribution is -0.432.